The Labute approximate surface area is 145 Å². The molecule has 0 saturated heterocycles. The zero-order chi connectivity index (χ0) is 16.9. The highest BCUT2D eigenvalue weighted by Crippen LogP contribution is 2.32. The van der Waals surface area contributed by atoms with E-state index in [-0.39, 0.29) is 12.1 Å². The molecule has 3 rings (SSSR count). The molecule has 6 heteroatoms. The molecular formula is C18H19ClN2O3. The third-order valence-electron chi connectivity index (χ3n) is 3.79. The van der Waals surface area contributed by atoms with Crippen LogP contribution in [0.3, 0.4) is 0 Å². The van der Waals surface area contributed by atoms with Gasteiger partial charge in [0.25, 0.3) is 0 Å². The maximum atomic E-state index is 12.3. The Bertz CT molecular complexity index is 719. The highest BCUT2D eigenvalue weighted by atomic mass is 35.5. The van der Waals surface area contributed by atoms with E-state index in [0.29, 0.717) is 35.4 Å². The van der Waals surface area contributed by atoms with Crippen molar-refractivity contribution in [2.75, 3.05) is 18.5 Å². The number of carbonyl (C=O) groups excluding carboxylic acids is 1. The van der Waals surface area contributed by atoms with E-state index in [2.05, 4.69) is 10.6 Å². The molecule has 5 nitrogen and oxygen atoms in total. The first-order valence-electron chi connectivity index (χ1n) is 7.88. The molecule has 0 aromatic heterocycles. The van der Waals surface area contributed by atoms with E-state index in [1.165, 1.54) is 0 Å². The summed E-state index contributed by atoms with van der Waals surface area (Å²) in [4.78, 5) is 12.3. The molecule has 2 aromatic carbocycles. The van der Waals surface area contributed by atoms with Crippen LogP contribution in [0.25, 0.3) is 0 Å². The van der Waals surface area contributed by atoms with Crippen molar-refractivity contribution in [1.29, 1.82) is 0 Å². The van der Waals surface area contributed by atoms with Gasteiger partial charge in [-0.05, 0) is 36.2 Å². The van der Waals surface area contributed by atoms with Crippen molar-refractivity contribution in [3.05, 3.63) is 53.1 Å². The summed E-state index contributed by atoms with van der Waals surface area (Å²) in [6.07, 6.45) is 0.774. The Kier molecular flexibility index (Phi) is 5.11. The predicted molar refractivity (Wildman–Crippen MR) is 94.1 cm³/mol. The fourth-order valence-electron chi connectivity index (χ4n) is 2.56. The minimum absolute atomic E-state index is 0.0838. The summed E-state index contributed by atoms with van der Waals surface area (Å²) in [6, 6.07) is 12.5. The summed E-state index contributed by atoms with van der Waals surface area (Å²) < 4.78 is 11.0. The zero-order valence-corrected chi connectivity index (χ0v) is 14.1. The molecule has 0 unspecified atom stereocenters. The van der Waals surface area contributed by atoms with E-state index in [9.17, 15) is 4.79 Å². The molecule has 126 valence electrons. The first-order chi connectivity index (χ1) is 11.7. The molecule has 2 amide bonds. The van der Waals surface area contributed by atoms with E-state index in [1.54, 1.807) is 18.2 Å². The van der Waals surface area contributed by atoms with Gasteiger partial charge < -0.3 is 20.1 Å². The largest absolute Gasteiger partial charge is 0.486 e. The van der Waals surface area contributed by atoms with Gasteiger partial charge in [0.05, 0.1) is 6.04 Å². The summed E-state index contributed by atoms with van der Waals surface area (Å²) in [7, 11) is 0. The number of hydrogen-bond acceptors (Lipinski definition) is 3. The van der Waals surface area contributed by atoms with Crippen LogP contribution in [0.1, 0.15) is 24.9 Å². The lowest BCUT2D eigenvalue weighted by molar-refractivity contribution is 0.171. The van der Waals surface area contributed by atoms with Crippen molar-refractivity contribution in [1.82, 2.24) is 5.32 Å². The Morgan fingerprint density at radius 1 is 1.12 bits per heavy atom. The minimum Gasteiger partial charge on any atom is -0.486 e. The molecule has 24 heavy (non-hydrogen) atoms. The van der Waals surface area contributed by atoms with Gasteiger partial charge in [0, 0.05) is 16.8 Å². The van der Waals surface area contributed by atoms with E-state index < -0.39 is 0 Å². The number of anilines is 1. The van der Waals surface area contributed by atoms with Gasteiger partial charge in [0.2, 0.25) is 0 Å². The van der Waals surface area contributed by atoms with Gasteiger partial charge in [-0.1, -0.05) is 30.7 Å². The first-order valence-corrected chi connectivity index (χ1v) is 8.26. The summed E-state index contributed by atoms with van der Waals surface area (Å²) in [6.45, 7) is 3.07. The van der Waals surface area contributed by atoms with Gasteiger partial charge in [-0.15, -0.1) is 0 Å². The van der Waals surface area contributed by atoms with Gasteiger partial charge in [0.1, 0.15) is 13.2 Å². The van der Waals surface area contributed by atoms with Crippen molar-refractivity contribution < 1.29 is 14.3 Å². The fraction of sp³-hybridized carbons (Fsp3) is 0.278. The minimum atomic E-state index is -0.270. The number of fused-ring (bicyclic) bond motifs is 1. The van der Waals surface area contributed by atoms with Crippen LogP contribution < -0.4 is 20.1 Å². The van der Waals surface area contributed by atoms with Gasteiger partial charge >= 0.3 is 6.03 Å². The van der Waals surface area contributed by atoms with Crippen LogP contribution in [0.5, 0.6) is 11.5 Å². The van der Waals surface area contributed by atoms with Gasteiger partial charge in [-0.25, -0.2) is 4.79 Å². The van der Waals surface area contributed by atoms with Crippen molar-refractivity contribution >= 4 is 23.3 Å². The fourth-order valence-corrected chi connectivity index (χ4v) is 2.69. The third kappa shape index (κ3) is 3.92. The lowest BCUT2D eigenvalue weighted by atomic mass is 10.1. The number of nitrogens with one attached hydrogen (secondary N) is 2. The highest BCUT2D eigenvalue weighted by Gasteiger charge is 2.15. The number of amides is 2. The normalized spacial score (nSPS) is 13.9. The average molecular weight is 347 g/mol. The molecule has 0 radical (unpaired) electrons. The smallest absolute Gasteiger partial charge is 0.319 e. The number of carbonyl (C=O) groups is 1. The second-order valence-corrected chi connectivity index (χ2v) is 5.91. The van der Waals surface area contributed by atoms with E-state index in [1.807, 2.05) is 31.2 Å². The van der Waals surface area contributed by atoms with E-state index in [4.69, 9.17) is 21.1 Å². The summed E-state index contributed by atoms with van der Waals surface area (Å²) >= 11 is 5.91. The molecular weight excluding hydrogens is 328 g/mol. The standard InChI is InChI=1S/C18H19ClN2O3/c1-2-15(12-3-5-13(19)6-4-12)21-18(22)20-14-7-8-16-17(11-14)24-10-9-23-16/h3-8,11,15H,2,9-10H2,1H3,(H2,20,21,22)/t15-/m0/s1. The molecule has 0 saturated carbocycles. The molecule has 1 aliphatic rings. The lowest BCUT2D eigenvalue weighted by Gasteiger charge is -2.20. The van der Waals surface area contributed by atoms with Crippen LogP contribution in [0, 0.1) is 0 Å². The maximum Gasteiger partial charge on any atom is 0.319 e. The average Bonchev–Trinajstić information content (AvgIpc) is 2.60. The number of hydrogen-bond donors (Lipinski definition) is 2. The van der Waals surface area contributed by atoms with E-state index in [0.717, 1.165) is 12.0 Å². The van der Waals surface area contributed by atoms with Crippen LogP contribution >= 0.6 is 11.6 Å². The van der Waals surface area contributed by atoms with Gasteiger partial charge in [0.15, 0.2) is 11.5 Å². The SMILES string of the molecule is CC[C@H](NC(=O)Nc1ccc2c(c1)OCCO2)c1ccc(Cl)cc1. The topological polar surface area (TPSA) is 59.6 Å². The predicted octanol–water partition coefficient (Wildman–Crippen LogP) is 4.38. The summed E-state index contributed by atoms with van der Waals surface area (Å²) in [5, 5.41) is 6.47. The van der Waals surface area contributed by atoms with E-state index >= 15 is 0 Å². The Balaban J connectivity index is 1.65. The summed E-state index contributed by atoms with van der Waals surface area (Å²) in [5.74, 6) is 1.34. The van der Waals surface area contributed by atoms with Crippen LogP contribution in [-0.2, 0) is 0 Å². The number of halogens is 1. The zero-order valence-electron chi connectivity index (χ0n) is 13.3. The lowest BCUT2D eigenvalue weighted by Crippen LogP contribution is -2.32. The van der Waals surface area contributed by atoms with Crippen LogP contribution in [0.15, 0.2) is 42.5 Å². The second-order valence-electron chi connectivity index (χ2n) is 5.47. The molecule has 1 heterocycles. The maximum absolute atomic E-state index is 12.3. The van der Waals surface area contributed by atoms with Gasteiger partial charge in [-0.3, -0.25) is 0 Å². The molecule has 1 aliphatic heterocycles. The number of rotatable bonds is 4. The Hall–Kier alpha value is -2.40. The molecule has 2 N–H and O–H groups in total. The molecule has 1 atom stereocenters. The second kappa shape index (κ2) is 7.45. The van der Waals surface area contributed by atoms with Crippen molar-refractivity contribution in [2.45, 2.75) is 19.4 Å². The Morgan fingerprint density at radius 2 is 1.83 bits per heavy atom. The van der Waals surface area contributed by atoms with Crippen molar-refractivity contribution in [3.63, 3.8) is 0 Å². The molecule has 2 aromatic rings. The molecule has 0 spiro atoms. The van der Waals surface area contributed by atoms with Gasteiger partial charge in [-0.2, -0.15) is 0 Å². The van der Waals surface area contributed by atoms with Crippen LogP contribution in [-0.4, -0.2) is 19.2 Å². The molecule has 0 fully saturated rings. The number of benzene rings is 2. The highest BCUT2D eigenvalue weighted by molar-refractivity contribution is 6.30. The quantitative estimate of drug-likeness (QED) is 0.863. The first kappa shape index (κ1) is 16.5. The number of urea groups is 1. The molecule has 0 bridgehead atoms. The number of ether oxygens (including phenoxy) is 2. The Morgan fingerprint density at radius 3 is 2.54 bits per heavy atom. The van der Waals surface area contributed by atoms with Crippen LogP contribution in [0.4, 0.5) is 10.5 Å². The third-order valence-corrected chi connectivity index (χ3v) is 4.04. The monoisotopic (exact) mass is 346 g/mol. The summed E-state index contributed by atoms with van der Waals surface area (Å²) in [5.41, 5.74) is 1.67. The van der Waals surface area contributed by atoms with Crippen LogP contribution in [0.2, 0.25) is 5.02 Å². The van der Waals surface area contributed by atoms with Crippen molar-refractivity contribution in [2.24, 2.45) is 0 Å². The molecule has 0 aliphatic carbocycles. The van der Waals surface area contributed by atoms with Crippen molar-refractivity contribution in [3.8, 4) is 11.5 Å².